The van der Waals surface area contributed by atoms with Crippen LogP contribution in [0, 0.1) is 24.2 Å². The number of hydrogen-bond acceptors (Lipinski definition) is 3. The van der Waals surface area contributed by atoms with Gasteiger partial charge in [-0.2, -0.15) is 0 Å². The summed E-state index contributed by atoms with van der Waals surface area (Å²) < 4.78 is 5.62. The van der Waals surface area contributed by atoms with E-state index in [4.69, 9.17) is 11.7 Å². The molecule has 1 aliphatic heterocycles. The lowest BCUT2D eigenvalue weighted by molar-refractivity contribution is -0.139. The Morgan fingerprint density at radius 1 is 1.17 bits per heavy atom. The molecule has 1 aromatic carbocycles. The molecule has 3 fully saturated rings. The van der Waals surface area contributed by atoms with Gasteiger partial charge in [-0.1, -0.05) is 30.3 Å². The van der Waals surface area contributed by atoms with Crippen molar-refractivity contribution >= 4 is 5.91 Å². The molecule has 4 nitrogen and oxygen atoms in total. The number of piperidine rings is 1. The van der Waals surface area contributed by atoms with E-state index in [1.165, 1.54) is 12.0 Å². The zero-order chi connectivity index (χ0) is 20.3. The highest BCUT2D eigenvalue weighted by Gasteiger charge is 2.42. The molecule has 1 aromatic rings. The van der Waals surface area contributed by atoms with Crippen molar-refractivity contribution in [3.63, 3.8) is 0 Å². The Bertz CT molecular complexity index is 661. The van der Waals surface area contributed by atoms with Gasteiger partial charge in [-0.15, -0.1) is 0 Å². The van der Waals surface area contributed by atoms with E-state index in [0.29, 0.717) is 23.8 Å². The first-order valence-electron chi connectivity index (χ1n) is 11.4. The zero-order valence-electron chi connectivity index (χ0n) is 17.8. The predicted octanol–water partition coefficient (Wildman–Crippen LogP) is 3.90. The van der Waals surface area contributed by atoms with Crippen LogP contribution < -0.4 is 5.32 Å². The van der Waals surface area contributed by atoms with Crippen LogP contribution >= 0.6 is 0 Å². The van der Waals surface area contributed by atoms with Crippen molar-refractivity contribution in [2.45, 2.75) is 56.9 Å². The van der Waals surface area contributed by atoms with Gasteiger partial charge >= 0.3 is 0 Å². The van der Waals surface area contributed by atoms with Crippen LogP contribution in [0.25, 0.3) is 0 Å². The Hall–Kier alpha value is -1.39. The molecule has 0 bridgehead atoms. The van der Waals surface area contributed by atoms with Gasteiger partial charge in [0, 0.05) is 50.0 Å². The van der Waals surface area contributed by atoms with Gasteiger partial charge in [0.2, 0.25) is 5.91 Å². The van der Waals surface area contributed by atoms with E-state index in [9.17, 15) is 4.79 Å². The van der Waals surface area contributed by atoms with Crippen molar-refractivity contribution in [1.82, 2.24) is 10.2 Å². The molecule has 3 aliphatic rings. The number of nitrogens with zero attached hydrogens (tertiary/aromatic N) is 1. The molecule has 4 rings (SSSR count). The SMILES string of the molecule is [CH]C1CCC(C(=O)N2CCC(CN[C@@H]3C[C@H]3c3ccccc3)(COC)CC2)CC1. The summed E-state index contributed by atoms with van der Waals surface area (Å²) in [6.07, 6.45) is 7.18. The first-order chi connectivity index (χ1) is 14.1. The smallest absolute Gasteiger partial charge is 0.225 e. The fraction of sp³-hybridized carbons (Fsp3) is 0.680. The number of benzene rings is 1. The average Bonchev–Trinajstić information content (AvgIpc) is 3.54. The second-order valence-electron chi connectivity index (χ2n) is 9.61. The second-order valence-corrected chi connectivity index (χ2v) is 9.61. The topological polar surface area (TPSA) is 41.6 Å². The molecule has 0 spiro atoms. The van der Waals surface area contributed by atoms with Gasteiger partial charge in [-0.25, -0.2) is 0 Å². The number of carbonyl (C=O) groups is 1. The maximum absolute atomic E-state index is 12.9. The molecule has 0 unspecified atom stereocenters. The number of carbonyl (C=O) groups excluding carboxylic acids is 1. The average molecular weight is 397 g/mol. The summed E-state index contributed by atoms with van der Waals surface area (Å²) in [7, 11) is 1.80. The van der Waals surface area contributed by atoms with Crippen molar-refractivity contribution in [1.29, 1.82) is 0 Å². The van der Waals surface area contributed by atoms with Crippen molar-refractivity contribution in [2.75, 3.05) is 33.4 Å². The van der Waals surface area contributed by atoms with Crippen LogP contribution in [0.4, 0.5) is 0 Å². The molecule has 1 saturated heterocycles. The van der Waals surface area contributed by atoms with Gasteiger partial charge in [0.05, 0.1) is 6.61 Å². The molecular weight excluding hydrogens is 360 g/mol. The molecule has 2 aliphatic carbocycles. The Kier molecular flexibility index (Phi) is 6.60. The summed E-state index contributed by atoms with van der Waals surface area (Å²) in [6.45, 7) is 9.48. The maximum Gasteiger partial charge on any atom is 0.225 e. The van der Waals surface area contributed by atoms with E-state index in [1.807, 2.05) is 0 Å². The van der Waals surface area contributed by atoms with Crippen LogP contribution in [0.3, 0.4) is 0 Å². The van der Waals surface area contributed by atoms with Gasteiger partial charge in [-0.05, 0) is 63.4 Å². The monoisotopic (exact) mass is 396 g/mol. The van der Waals surface area contributed by atoms with Gasteiger partial charge in [0.25, 0.3) is 0 Å². The van der Waals surface area contributed by atoms with Crippen LogP contribution in [-0.4, -0.2) is 50.2 Å². The first-order valence-corrected chi connectivity index (χ1v) is 11.4. The van der Waals surface area contributed by atoms with E-state index < -0.39 is 0 Å². The van der Waals surface area contributed by atoms with E-state index in [0.717, 1.165) is 64.8 Å². The van der Waals surface area contributed by atoms with E-state index in [1.54, 1.807) is 7.11 Å². The third-order valence-electron chi connectivity index (χ3n) is 7.46. The summed E-state index contributed by atoms with van der Waals surface area (Å²) >= 11 is 0. The van der Waals surface area contributed by atoms with Crippen molar-refractivity contribution in [3.8, 4) is 0 Å². The first kappa shape index (κ1) is 20.9. The van der Waals surface area contributed by atoms with E-state index >= 15 is 0 Å². The van der Waals surface area contributed by atoms with Crippen molar-refractivity contribution in [3.05, 3.63) is 42.8 Å². The number of likely N-dealkylation sites (tertiary alicyclic amines) is 1. The second kappa shape index (κ2) is 9.18. The molecule has 158 valence electrons. The van der Waals surface area contributed by atoms with Gasteiger partial charge in [-0.3, -0.25) is 4.79 Å². The Balaban J connectivity index is 1.27. The fourth-order valence-corrected chi connectivity index (χ4v) is 5.34. The standard InChI is InChI=1S/C25H36N2O2/c1-19-8-10-21(11-9-19)24(28)27-14-12-25(13-15-27,18-29-2)17-26-23-16-22(23)20-6-4-3-5-7-20/h1,3-7,19,21-23,26H,8-18H2,2H3/t19?,21?,22-,23+/m0/s1. The number of methoxy groups -OCH3 is 1. The Morgan fingerprint density at radius 3 is 2.52 bits per heavy atom. The van der Waals surface area contributed by atoms with Gasteiger partial charge in [0.1, 0.15) is 0 Å². The summed E-state index contributed by atoms with van der Waals surface area (Å²) in [5.74, 6) is 1.50. The number of rotatable bonds is 7. The van der Waals surface area contributed by atoms with Crippen LogP contribution in [0.5, 0.6) is 0 Å². The summed E-state index contributed by atoms with van der Waals surface area (Å²) in [5, 5.41) is 3.82. The normalized spacial score (nSPS) is 31.4. The third-order valence-corrected chi connectivity index (χ3v) is 7.46. The zero-order valence-corrected chi connectivity index (χ0v) is 17.8. The molecule has 2 atom stereocenters. The highest BCUT2D eigenvalue weighted by molar-refractivity contribution is 5.79. The molecule has 1 N–H and O–H groups in total. The molecule has 1 amide bonds. The molecular formula is C25H36N2O2. The van der Waals surface area contributed by atoms with E-state index in [-0.39, 0.29) is 11.3 Å². The number of hydrogen-bond donors (Lipinski definition) is 1. The minimum Gasteiger partial charge on any atom is -0.384 e. The molecule has 1 heterocycles. The Morgan fingerprint density at radius 2 is 1.86 bits per heavy atom. The van der Waals surface area contributed by atoms with Crippen molar-refractivity contribution < 1.29 is 9.53 Å². The minimum atomic E-state index is 0.143. The lowest BCUT2D eigenvalue weighted by atomic mass is 9.77. The molecule has 4 heteroatoms. The molecule has 0 aromatic heterocycles. The third kappa shape index (κ3) is 5.03. The van der Waals surface area contributed by atoms with Crippen molar-refractivity contribution in [2.24, 2.45) is 17.3 Å². The summed E-state index contributed by atoms with van der Waals surface area (Å²) in [4.78, 5) is 15.1. The highest BCUT2D eigenvalue weighted by atomic mass is 16.5. The minimum absolute atomic E-state index is 0.143. The largest absolute Gasteiger partial charge is 0.384 e. The fourth-order valence-electron chi connectivity index (χ4n) is 5.34. The molecule has 2 radical (unpaired) electrons. The summed E-state index contributed by atoms with van der Waals surface area (Å²) in [6, 6.07) is 11.4. The summed E-state index contributed by atoms with van der Waals surface area (Å²) in [5.41, 5.74) is 1.59. The maximum atomic E-state index is 12.9. The number of nitrogens with one attached hydrogen (secondary N) is 1. The highest BCUT2D eigenvalue weighted by Crippen LogP contribution is 2.42. The number of amides is 1. The lowest BCUT2D eigenvalue weighted by Gasteiger charge is -2.43. The quantitative estimate of drug-likeness (QED) is 0.760. The Labute approximate surface area is 176 Å². The number of ether oxygens (including phenoxy) is 1. The van der Waals surface area contributed by atoms with Crippen LogP contribution in [-0.2, 0) is 9.53 Å². The molecule has 29 heavy (non-hydrogen) atoms. The molecule has 2 saturated carbocycles. The van der Waals surface area contributed by atoms with E-state index in [2.05, 4.69) is 40.5 Å². The van der Waals surface area contributed by atoms with Crippen LogP contribution in [0.15, 0.2) is 30.3 Å². The van der Waals surface area contributed by atoms with Crippen LogP contribution in [0.1, 0.15) is 56.4 Å². The predicted molar refractivity (Wildman–Crippen MR) is 115 cm³/mol. The lowest BCUT2D eigenvalue weighted by Crippen LogP contribution is -2.50. The van der Waals surface area contributed by atoms with Gasteiger partial charge < -0.3 is 15.0 Å². The van der Waals surface area contributed by atoms with Gasteiger partial charge in [0.15, 0.2) is 0 Å². The van der Waals surface area contributed by atoms with Crippen LogP contribution in [0.2, 0.25) is 0 Å².